The molecule has 0 saturated carbocycles. The minimum atomic E-state index is -0.450. The molecule has 0 heterocycles. The number of methoxy groups -OCH3 is 1. The van der Waals surface area contributed by atoms with Gasteiger partial charge in [0.25, 0.3) is 0 Å². The lowest BCUT2D eigenvalue weighted by molar-refractivity contribution is -0.124. The molecule has 0 aliphatic heterocycles. The number of carbonyl (C=O) groups is 2. The van der Waals surface area contributed by atoms with Gasteiger partial charge in [-0.25, -0.2) is 4.79 Å². The van der Waals surface area contributed by atoms with Crippen molar-refractivity contribution in [3.05, 3.63) is 0 Å². The second-order valence-corrected chi connectivity index (χ2v) is 3.20. The molecule has 16 heavy (non-hydrogen) atoms. The molecule has 0 fully saturated rings. The van der Waals surface area contributed by atoms with Crippen molar-refractivity contribution in [3.63, 3.8) is 0 Å². The maximum absolute atomic E-state index is 11.0. The fourth-order valence-electron chi connectivity index (χ4n) is 0.909. The number of unbranched alkanes of at least 4 members (excludes halogenated alkanes) is 1. The first kappa shape index (κ1) is 14.7. The van der Waals surface area contributed by atoms with Gasteiger partial charge in [0, 0.05) is 20.2 Å². The Hall–Kier alpha value is -1.30. The van der Waals surface area contributed by atoms with E-state index in [1.54, 1.807) is 0 Å². The van der Waals surface area contributed by atoms with E-state index in [0.717, 1.165) is 12.8 Å². The van der Waals surface area contributed by atoms with Crippen molar-refractivity contribution in [2.75, 3.05) is 33.4 Å². The molecule has 2 amide bonds. The summed E-state index contributed by atoms with van der Waals surface area (Å²) in [7, 11) is 1.45. The van der Waals surface area contributed by atoms with Gasteiger partial charge in [-0.05, 0) is 6.42 Å². The largest absolute Gasteiger partial charge is 0.450 e. The Kier molecular flexibility index (Phi) is 9.39. The first-order valence-electron chi connectivity index (χ1n) is 5.37. The summed E-state index contributed by atoms with van der Waals surface area (Å²) in [6, 6.07) is 0. The second-order valence-electron chi connectivity index (χ2n) is 3.20. The molecule has 6 heteroatoms. The van der Waals surface area contributed by atoms with Gasteiger partial charge >= 0.3 is 6.09 Å². The molecule has 0 unspecified atom stereocenters. The Morgan fingerprint density at radius 3 is 2.50 bits per heavy atom. The van der Waals surface area contributed by atoms with Gasteiger partial charge in [-0.15, -0.1) is 0 Å². The van der Waals surface area contributed by atoms with Crippen LogP contribution in [0.2, 0.25) is 0 Å². The molecule has 0 aliphatic carbocycles. The Morgan fingerprint density at radius 1 is 1.19 bits per heavy atom. The maximum Gasteiger partial charge on any atom is 0.407 e. The number of hydrogen-bond acceptors (Lipinski definition) is 4. The lowest BCUT2D eigenvalue weighted by Gasteiger charge is -2.07. The molecule has 0 aromatic carbocycles. The highest BCUT2D eigenvalue weighted by molar-refractivity contribution is 5.77. The molecule has 94 valence electrons. The highest BCUT2D eigenvalue weighted by Gasteiger charge is 2.01. The summed E-state index contributed by atoms with van der Waals surface area (Å²) in [6.45, 7) is 3.19. The minimum Gasteiger partial charge on any atom is -0.450 e. The van der Waals surface area contributed by atoms with E-state index in [-0.39, 0.29) is 12.5 Å². The van der Waals surface area contributed by atoms with Crippen LogP contribution >= 0.6 is 0 Å². The zero-order chi connectivity index (χ0) is 12.2. The topological polar surface area (TPSA) is 76.7 Å². The summed E-state index contributed by atoms with van der Waals surface area (Å²) in [6.07, 6.45) is 1.40. The lowest BCUT2D eigenvalue weighted by atomic mass is 10.4. The van der Waals surface area contributed by atoms with Crippen molar-refractivity contribution in [2.24, 2.45) is 0 Å². The van der Waals surface area contributed by atoms with Crippen molar-refractivity contribution < 1.29 is 19.1 Å². The summed E-state index contributed by atoms with van der Waals surface area (Å²) in [5, 5.41) is 5.09. The fraction of sp³-hybridized carbons (Fsp3) is 0.800. The van der Waals surface area contributed by atoms with E-state index in [4.69, 9.17) is 4.74 Å². The van der Waals surface area contributed by atoms with Crippen LogP contribution in [-0.4, -0.2) is 45.4 Å². The summed E-state index contributed by atoms with van der Waals surface area (Å²) in [5.41, 5.74) is 0. The summed E-state index contributed by atoms with van der Waals surface area (Å²) < 4.78 is 9.47. The quantitative estimate of drug-likeness (QED) is 0.589. The Labute approximate surface area is 95.7 Å². The summed E-state index contributed by atoms with van der Waals surface area (Å²) in [5.74, 6) is -0.205. The van der Waals surface area contributed by atoms with Gasteiger partial charge < -0.3 is 20.1 Å². The van der Waals surface area contributed by atoms with E-state index >= 15 is 0 Å². The molecule has 0 aromatic rings. The molecule has 0 saturated heterocycles. The first-order valence-corrected chi connectivity index (χ1v) is 5.37. The van der Waals surface area contributed by atoms with Crippen LogP contribution in [0.25, 0.3) is 0 Å². The number of ether oxygens (including phenoxy) is 2. The number of carbonyl (C=O) groups excluding carboxylic acids is 2. The van der Waals surface area contributed by atoms with Crippen LogP contribution in [0.1, 0.15) is 19.8 Å². The van der Waals surface area contributed by atoms with E-state index < -0.39 is 6.09 Å². The number of rotatable bonds is 8. The predicted octanol–water partition coefficient (Wildman–Crippen LogP) is 0.275. The van der Waals surface area contributed by atoms with Gasteiger partial charge in [-0.3, -0.25) is 4.79 Å². The zero-order valence-electron chi connectivity index (χ0n) is 9.88. The highest BCUT2D eigenvalue weighted by atomic mass is 16.5. The average Bonchev–Trinajstić information content (AvgIpc) is 2.25. The SMILES string of the molecule is CCCCOC(=O)NCCNC(=O)COC. The molecule has 2 N–H and O–H groups in total. The Balaban J connectivity index is 3.30. The van der Waals surface area contributed by atoms with Crippen LogP contribution in [-0.2, 0) is 14.3 Å². The standard InChI is InChI=1S/C10H20N2O4/c1-3-4-7-16-10(14)12-6-5-11-9(13)8-15-2/h3-8H2,1-2H3,(H,11,13)(H,12,14). The van der Waals surface area contributed by atoms with Crippen LogP contribution in [0.4, 0.5) is 4.79 Å². The molecule has 0 bridgehead atoms. The van der Waals surface area contributed by atoms with E-state index in [1.165, 1.54) is 7.11 Å². The third-order valence-corrected chi connectivity index (χ3v) is 1.72. The monoisotopic (exact) mass is 232 g/mol. The molecule has 0 atom stereocenters. The first-order chi connectivity index (χ1) is 7.70. The van der Waals surface area contributed by atoms with Crippen LogP contribution in [0.15, 0.2) is 0 Å². The average molecular weight is 232 g/mol. The van der Waals surface area contributed by atoms with E-state index in [2.05, 4.69) is 15.4 Å². The van der Waals surface area contributed by atoms with Gasteiger partial charge in [0.1, 0.15) is 6.61 Å². The molecule has 6 nitrogen and oxygen atoms in total. The summed E-state index contributed by atoms with van der Waals surface area (Å²) >= 11 is 0. The number of amides is 2. The molecule has 0 aliphatic rings. The fourth-order valence-corrected chi connectivity index (χ4v) is 0.909. The molecular formula is C10H20N2O4. The number of hydrogen-bond donors (Lipinski definition) is 2. The van der Waals surface area contributed by atoms with E-state index in [0.29, 0.717) is 19.7 Å². The van der Waals surface area contributed by atoms with Gasteiger partial charge in [0.05, 0.1) is 6.61 Å². The van der Waals surface area contributed by atoms with Crippen LogP contribution < -0.4 is 10.6 Å². The maximum atomic E-state index is 11.0. The van der Waals surface area contributed by atoms with E-state index in [1.807, 2.05) is 6.92 Å². The van der Waals surface area contributed by atoms with Crippen molar-refractivity contribution in [1.29, 1.82) is 0 Å². The smallest absolute Gasteiger partial charge is 0.407 e. The second kappa shape index (κ2) is 10.2. The molecule has 0 spiro atoms. The van der Waals surface area contributed by atoms with Crippen LogP contribution in [0, 0.1) is 0 Å². The molecule has 0 aromatic heterocycles. The third kappa shape index (κ3) is 9.26. The Bertz CT molecular complexity index is 209. The molecule has 0 rings (SSSR count). The van der Waals surface area contributed by atoms with Gasteiger partial charge in [-0.2, -0.15) is 0 Å². The number of alkyl carbamates (subject to hydrolysis) is 1. The van der Waals surface area contributed by atoms with Gasteiger partial charge in [0.15, 0.2) is 0 Å². The van der Waals surface area contributed by atoms with Gasteiger partial charge in [0.2, 0.25) is 5.91 Å². The number of nitrogens with one attached hydrogen (secondary N) is 2. The summed E-state index contributed by atoms with van der Waals surface area (Å²) in [4.78, 5) is 21.9. The molecule has 0 radical (unpaired) electrons. The molecular weight excluding hydrogens is 212 g/mol. The predicted molar refractivity (Wildman–Crippen MR) is 59.1 cm³/mol. The van der Waals surface area contributed by atoms with Gasteiger partial charge in [-0.1, -0.05) is 13.3 Å². The third-order valence-electron chi connectivity index (χ3n) is 1.72. The van der Waals surface area contributed by atoms with Crippen molar-refractivity contribution in [2.45, 2.75) is 19.8 Å². The zero-order valence-corrected chi connectivity index (χ0v) is 9.88. The van der Waals surface area contributed by atoms with Crippen LogP contribution in [0.3, 0.4) is 0 Å². The highest BCUT2D eigenvalue weighted by Crippen LogP contribution is 1.87. The van der Waals surface area contributed by atoms with Crippen molar-refractivity contribution >= 4 is 12.0 Å². The lowest BCUT2D eigenvalue weighted by Crippen LogP contribution is -2.36. The van der Waals surface area contributed by atoms with Crippen LogP contribution in [0.5, 0.6) is 0 Å². The van der Waals surface area contributed by atoms with E-state index in [9.17, 15) is 9.59 Å². The van der Waals surface area contributed by atoms with Crippen molar-refractivity contribution in [3.8, 4) is 0 Å². The minimum absolute atomic E-state index is 0.0287. The Morgan fingerprint density at radius 2 is 1.88 bits per heavy atom. The normalized spacial score (nSPS) is 9.62. The van der Waals surface area contributed by atoms with Crippen molar-refractivity contribution in [1.82, 2.24) is 10.6 Å².